The zero-order chi connectivity index (χ0) is 13.1. The number of nitrogens with zero attached hydrogens (tertiary/aromatic N) is 1. The van der Waals surface area contributed by atoms with Gasteiger partial charge in [0.15, 0.2) is 0 Å². The second-order valence-corrected chi connectivity index (χ2v) is 5.84. The van der Waals surface area contributed by atoms with Crippen molar-refractivity contribution >= 4 is 11.9 Å². The Hall–Kier alpha value is -1.06. The van der Waals surface area contributed by atoms with Crippen molar-refractivity contribution in [3.8, 4) is 0 Å². The Balaban J connectivity index is 2.00. The number of carbonyl (C=O) groups is 2. The van der Waals surface area contributed by atoms with Crippen LogP contribution in [0.15, 0.2) is 0 Å². The van der Waals surface area contributed by atoms with E-state index in [9.17, 15) is 14.7 Å². The van der Waals surface area contributed by atoms with Gasteiger partial charge in [-0.2, -0.15) is 0 Å². The highest BCUT2D eigenvalue weighted by molar-refractivity contribution is 5.85. The molecule has 1 saturated carbocycles. The predicted molar refractivity (Wildman–Crippen MR) is 68.1 cm³/mol. The summed E-state index contributed by atoms with van der Waals surface area (Å²) in [6.45, 7) is 3.83. The molecule has 4 nitrogen and oxygen atoms in total. The molecular formula is C14H23NO3. The van der Waals surface area contributed by atoms with Gasteiger partial charge in [0, 0.05) is 13.1 Å². The van der Waals surface area contributed by atoms with E-state index in [-0.39, 0.29) is 11.8 Å². The lowest BCUT2D eigenvalue weighted by atomic mass is 9.78. The van der Waals surface area contributed by atoms with Crippen LogP contribution in [0.2, 0.25) is 0 Å². The Kier molecular flexibility index (Phi) is 4.25. The van der Waals surface area contributed by atoms with E-state index in [2.05, 4.69) is 6.92 Å². The van der Waals surface area contributed by atoms with Crippen molar-refractivity contribution < 1.29 is 14.7 Å². The molecule has 2 aliphatic rings. The van der Waals surface area contributed by atoms with Gasteiger partial charge in [-0.25, -0.2) is 0 Å². The third-order valence-corrected chi connectivity index (χ3v) is 4.50. The fraction of sp³-hybridized carbons (Fsp3) is 0.857. The molecule has 1 aliphatic heterocycles. The van der Waals surface area contributed by atoms with Crippen molar-refractivity contribution in [2.24, 2.45) is 17.8 Å². The lowest BCUT2D eigenvalue weighted by molar-refractivity contribution is -0.152. The van der Waals surface area contributed by atoms with Gasteiger partial charge in [0.1, 0.15) is 0 Å². The SMILES string of the molecule is CC1CCN(C(=O)[C@H]2CCCC[C@@H]2C(=O)O)CC1. The van der Waals surface area contributed by atoms with E-state index in [1.807, 2.05) is 4.90 Å². The Morgan fingerprint density at radius 1 is 1.00 bits per heavy atom. The minimum Gasteiger partial charge on any atom is -0.481 e. The number of hydrogen-bond acceptors (Lipinski definition) is 2. The minimum atomic E-state index is -0.793. The highest BCUT2D eigenvalue weighted by Crippen LogP contribution is 2.32. The van der Waals surface area contributed by atoms with E-state index in [1.165, 1.54) is 0 Å². The second kappa shape index (κ2) is 5.72. The normalized spacial score (nSPS) is 30.2. The fourth-order valence-electron chi connectivity index (χ4n) is 3.19. The first-order valence-electron chi connectivity index (χ1n) is 7.11. The van der Waals surface area contributed by atoms with E-state index < -0.39 is 11.9 Å². The lowest BCUT2D eigenvalue weighted by Gasteiger charge is -2.36. The van der Waals surface area contributed by atoms with Crippen LogP contribution in [-0.4, -0.2) is 35.0 Å². The van der Waals surface area contributed by atoms with Crippen LogP contribution in [0.3, 0.4) is 0 Å². The number of carbonyl (C=O) groups excluding carboxylic acids is 1. The highest BCUT2D eigenvalue weighted by atomic mass is 16.4. The van der Waals surface area contributed by atoms with Crippen LogP contribution >= 0.6 is 0 Å². The number of likely N-dealkylation sites (tertiary alicyclic amines) is 1. The largest absolute Gasteiger partial charge is 0.481 e. The van der Waals surface area contributed by atoms with Gasteiger partial charge in [-0.05, 0) is 31.6 Å². The molecule has 1 heterocycles. The average molecular weight is 253 g/mol. The van der Waals surface area contributed by atoms with Gasteiger partial charge in [0.2, 0.25) is 5.91 Å². The van der Waals surface area contributed by atoms with E-state index >= 15 is 0 Å². The summed E-state index contributed by atoms with van der Waals surface area (Å²) in [5.41, 5.74) is 0. The van der Waals surface area contributed by atoms with Crippen LogP contribution in [0, 0.1) is 17.8 Å². The first-order valence-corrected chi connectivity index (χ1v) is 7.11. The standard InChI is InChI=1S/C14H23NO3/c1-10-6-8-15(9-7-10)13(16)11-4-2-3-5-12(11)14(17)18/h10-12H,2-9H2,1H3,(H,17,18)/t11-,12-/m0/s1. The molecule has 0 aromatic carbocycles. The Bertz CT molecular complexity index is 321. The topological polar surface area (TPSA) is 57.6 Å². The molecule has 1 amide bonds. The molecule has 1 N–H and O–H groups in total. The molecule has 2 atom stereocenters. The van der Waals surface area contributed by atoms with Crippen molar-refractivity contribution in [2.45, 2.75) is 45.4 Å². The number of rotatable bonds is 2. The molecular weight excluding hydrogens is 230 g/mol. The number of carboxylic acids is 1. The van der Waals surface area contributed by atoms with Gasteiger partial charge in [0.05, 0.1) is 11.8 Å². The van der Waals surface area contributed by atoms with Crippen LogP contribution in [0.25, 0.3) is 0 Å². The van der Waals surface area contributed by atoms with Gasteiger partial charge in [-0.3, -0.25) is 9.59 Å². The van der Waals surface area contributed by atoms with E-state index in [0.717, 1.165) is 45.2 Å². The summed E-state index contributed by atoms with van der Waals surface area (Å²) < 4.78 is 0. The van der Waals surface area contributed by atoms with Crippen molar-refractivity contribution in [1.29, 1.82) is 0 Å². The third-order valence-electron chi connectivity index (χ3n) is 4.50. The number of aliphatic carboxylic acids is 1. The molecule has 0 spiro atoms. The monoisotopic (exact) mass is 253 g/mol. The van der Waals surface area contributed by atoms with E-state index in [4.69, 9.17) is 0 Å². The number of hydrogen-bond donors (Lipinski definition) is 1. The molecule has 2 fully saturated rings. The summed E-state index contributed by atoms with van der Waals surface area (Å²) in [4.78, 5) is 25.6. The van der Waals surface area contributed by atoms with Crippen LogP contribution in [-0.2, 0) is 9.59 Å². The highest BCUT2D eigenvalue weighted by Gasteiger charge is 2.38. The Morgan fingerprint density at radius 3 is 2.11 bits per heavy atom. The predicted octanol–water partition coefficient (Wildman–Crippen LogP) is 2.14. The number of carboxylic acid groups (broad SMARTS) is 1. The average Bonchev–Trinajstić information content (AvgIpc) is 2.39. The molecule has 0 unspecified atom stereocenters. The van der Waals surface area contributed by atoms with Gasteiger partial charge in [-0.15, -0.1) is 0 Å². The van der Waals surface area contributed by atoms with Gasteiger partial charge in [-0.1, -0.05) is 19.8 Å². The summed E-state index contributed by atoms with van der Waals surface area (Å²) in [7, 11) is 0. The van der Waals surface area contributed by atoms with E-state index in [1.54, 1.807) is 0 Å². The zero-order valence-electron chi connectivity index (χ0n) is 11.1. The summed E-state index contributed by atoms with van der Waals surface area (Å²) in [5, 5.41) is 9.23. The molecule has 1 saturated heterocycles. The molecule has 0 radical (unpaired) electrons. The Labute approximate surface area is 108 Å². The quantitative estimate of drug-likeness (QED) is 0.820. The second-order valence-electron chi connectivity index (χ2n) is 5.84. The van der Waals surface area contributed by atoms with Crippen LogP contribution in [0.1, 0.15) is 45.4 Å². The zero-order valence-corrected chi connectivity index (χ0v) is 11.1. The summed E-state index contributed by atoms with van der Waals surface area (Å²) >= 11 is 0. The summed E-state index contributed by atoms with van der Waals surface area (Å²) in [5.74, 6) is -0.738. The van der Waals surface area contributed by atoms with Crippen molar-refractivity contribution in [2.75, 3.05) is 13.1 Å². The van der Waals surface area contributed by atoms with E-state index in [0.29, 0.717) is 12.3 Å². The van der Waals surface area contributed by atoms with Crippen LogP contribution in [0.5, 0.6) is 0 Å². The Morgan fingerprint density at radius 2 is 1.56 bits per heavy atom. The summed E-state index contributed by atoms with van der Waals surface area (Å²) in [6, 6.07) is 0. The smallest absolute Gasteiger partial charge is 0.307 e. The minimum absolute atomic E-state index is 0.0917. The molecule has 1 aliphatic carbocycles. The fourth-order valence-corrected chi connectivity index (χ4v) is 3.19. The molecule has 4 heteroatoms. The van der Waals surface area contributed by atoms with Gasteiger partial charge >= 0.3 is 5.97 Å². The maximum Gasteiger partial charge on any atom is 0.307 e. The maximum atomic E-state index is 12.4. The van der Waals surface area contributed by atoms with Crippen molar-refractivity contribution in [3.63, 3.8) is 0 Å². The maximum absolute atomic E-state index is 12.4. The van der Waals surface area contributed by atoms with Gasteiger partial charge < -0.3 is 10.0 Å². The molecule has 0 aromatic heterocycles. The molecule has 18 heavy (non-hydrogen) atoms. The molecule has 102 valence electrons. The van der Waals surface area contributed by atoms with Crippen molar-refractivity contribution in [1.82, 2.24) is 4.90 Å². The van der Waals surface area contributed by atoms with Crippen LogP contribution in [0.4, 0.5) is 0 Å². The number of amides is 1. The molecule has 0 bridgehead atoms. The van der Waals surface area contributed by atoms with Crippen LogP contribution < -0.4 is 0 Å². The van der Waals surface area contributed by atoms with Gasteiger partial charge in [0.25, 0.3) is 0 Å². The first-order chi connectivity index (χ1) is 8.59. The third kappa shape index (κ3) is 2.85. The molecule has 2 rings (SSSR count). The number of piperidine rings is 1. The first kappa shape index (κ1) is 13.4. The van der Waals surface area contributed by atoms with Crippen molar-refractivity contribution in [3.05, 3.63) is 0 Å². The summed E-state index contributed by atoms with van der Waals surface area (Å²) in [6.07, 6.45) is 5.45. The molecule has 0 aromatic rings. The lowest BCUT2D eigenvalue weighted by Crippen LogP contribution is -2.45.